The Bertz CT molecular complexity index is 881. The Balaban J connectivity index is 1.37. The Morgan fingerprint density at radius 3 is 2.52 bits per heavy atom. The third-order valence-corrected chi connectivity index (χ3v) is 6.04. The van der Waals surface area contributed by atoms with Gasteiger partial charge in [0.25, 0.3) is 5.91 Å². The first kappa shape index (κ1) is 20.1. The first-order valence-corrected chi connectivity index (χ1v) is 10.9. The fourth-order valence-corrected chi connectivity index (χ4v) is 4.15. The van der Waals surface area contributed by atoms with Crippen molar-refractivity contribution in [2.45, 2.75) is 37.8 Å². The maximum absolute atomic E-state index is 12.7. The van der Waals surface area contributed by atoms with Crippen LogP contribution in [-0.4, -0.2) is 35.8 Å². The van der Waals surface area contributed by atoms with E-state index in [1.165, 1.54) is 6.42 Å². The number of likely N-dealkylation sites (tertiary alicyclic amines) is 1. The molecule has 2 aliphatic heterocycles. The first-order valence-electron chi connectivity index (χ1n) is 10.1. The van der Waals surface area contributed by atoms with Gasteiger partial charge in [-0.2, -0.15) is 0 Å². The third-order valence-electron chi connectivity index (χ3n) is 5.51. The number of amides is 2. The summed E-state index contributed by atoms with van der Waals surface area (Å²) in [5, 5.41) is 2.94. The van der Waals surface area contributed by atoms with Crippen LogP contribution in [0.2, 0.25) is 0 Å². The molecule has 0 aromatic heterocycles. The second-order valence-electron chi connectivity index (χ2n) is 7.60. The van der Waals surface area contributed by atoms with E-state index >= 15 is 0 Å². The maximum Gasteiger partial charge on any atom is 0.253 e. The normalized spacial score (nSPS) is 21.8. The Morgan fingerprint density at radius 2 is 1.76 bits per heavy atom. The van der Waals surface area contributed by atoms with Gasteiger partial charge in [-0.1, -0.05) is 34.1 Å². The van der Waals surface area contributed by atoms with Crippen molar-refractivity contribution >= 4 is 33.4 Å². The Kier molecular flexibility index (Phi) is 6.28. The number of piperidine rings is 1. The van der Waals surface area contributed by atoms with Gasteiger partial charge in [0.1, 0.15) is 6.04 Å². The highest BCUT2D eigenvalue weighted by atomic mass is 79.9. The maximum atomic E-state index is 12.7. The lowest BCUT2D eigenvalue weighted by Gasteiger charge is -2.26. The van der Waals surface area contributed by atoms with Crippen molar-refractivity contribution in [2.75, 3.05) is 18.4 Å². The highest BCUT2D eigenvalue weighted by Gasteiger charge is 2.30. The average molecular weight is 457 g/mol. The van der Waals surface area contributed by atoms with Gasteiger partial charge in [-0.05, 0) is 61.6 Å². The molecule has 0 aliphatic carbocycles. The Labute approximate surface area is 179 Å². The van der Waals surface area contributed by atoms with E-state index in [-0.39, 0.29) is 23.9 Å². The molecule has 2 heterocycles. The smallest absolute Gasteiger partial charge is 0.253 e. The number of carbonyl (C=O) groups excluding carboxylic acids is 2. The van der Waals surface area contributed by atoms with Crippen LogP contribution in [0.1, 0.15) is 47.6 Å². The number of hydrazine groups is 1. The summed E-state index contributed by atoms with van der Waals surface area (Å²) < 4.78 is 1.03. The van der Waals surface area contributed by atoms with Crippen LogP contribution in [0.15, 0.2) is 53.0 Å². The molecule has 7 heteroatoms. The van der Waals surface area contributed by atoms with Gasteiger partial charge >= 0.3 is 0 Å². The molecule has 0 spiro atoms. The lowest BCUT2D eigenvalue weighted by molar-refractivity contribution is -0.117. The monoisotopic (exact) mass is 456 g/mol. The standard InChI is InChI=1S/C22H25BrN4O2/c23-17-9-7-15(8-10-17)19-14-20(26-25-19)21(28)24-18-6-4-5-16(13-18)22(29)27-11-2-1-3-12-27/h4-10,13,19-20,25-26H,1-3,11-12,14H2,(H,24,28). The van der Waals surface area contributed by atoms with E-state index in [1.54, 1.807) is 6.07 Å². The van der Waals surface area contributed by atoms with Crippen molar-refractivity contribution in [3.8, 4) is 0 Å². The summed E-state index contributed by atoms with van der Waals surface area (Å²) in [4.78, 5) is 27.3. The van der Waals surface area contributed by atoms with Crippen LogP contribution in [0.4, 0.5) is 5.69 Å². The van der Waals surface area contributed by atoms with Gasteiger partial charge in [-0.15, -0.1) is 0 Å². The molecule has 2 aromatic carbocycles. The molecule has 2 aliphatic rings. The van der Waals surface area contributed by atoms with Crippen LogP contribution in [-0.2, 0) is 4.79 Å². The number of rotatable bonds is 4. The fraction of sp³-hybridized carbons (Fsp3) is 0.364. The van der Waals surface area contributed by atoms with Crippen molar-refractivity contribution < 1.29 is 9.59 Å². The van der Waals surface area contributed by atoms with Crippen molar-refractivity contribution in [3.63, 3.8) is 0 Å². The molecule has 0 radical (unpaired) electrons. The van der Waals surface area contributed by atoms with E-state index in [9.17, 15) is 9.59 Å². The summed E-state index contributed by atoms with van der Waals surface area (Å²) >= 11 is 3.44. The van der Waals surface area contributed by atoms with E-state index in [4.69, 9.17) is 0 Å². The fourth-order valence-electron chi connectivity index (χ4n) is 3.88. The summed E-state index contributed by atoms with van der Waals surface area (Å²) in [6.45, 7) is 1.62. The van der Waals surface area contributed by atoms with Gasteiger partial charge in [0, 0.05) is 34.9 Å². The zero-order valence-corrected chi connectivity index (χ0v) is 17.7. The summed E-state index contributed by atoms with van der Waals surface area (Å²) in [6.07, 6.45) is 3.95. The SMILES string of the molecule is O=C(Nc1cccc(C(=O)N2CCCCC2)c1)C1CC(c2ccc(Br)cc2)NN1. The van der Waals surface area contributed by atoms with Gasteiger partial charge in [-0.3, -0.25) is 9.59 Å². The molecule has 152 valence electrons. The average Bonchev–Trinajstić information content (AvgIpc) is 3.25. The number of nitrogens with zero attached hydrogens (tertiary/aromatic N) is 1. The molecular weight excluding hydrogens is 432 g/mol. The number of nitrogens with one attached hydrogen (secondary N) is 3. The number of hydrogen-bond acceptors (Lipinski definition) is 4. The lowest BCUT2D eigenvalue weighted by atomic mass is 10.0. The van der Waals surface area contributed by atoms with Crippen LogP contribution in [0.25, 0.3) is 0 Å². The van der Waals surface area contributed by atoms with E-state index in [0.29, 0.717) is 17.7 Å². The minimum atomic E-state index is -0.343. The van der Waals surface area contributed by atoms with E-state index < -0.39 is 0 Å². The van der Waals surface area contributed by atoms with Crippen molar-refractivity contribution in [2.24, 2.45) is 0 Å². The van der Waals surface area contributed by atoms with Crippen LogP contribution >= 0.6 is 15.9 Å². The third kappa shape index (κ3) is 4.86. The minimum absolute atomic E-state index is 0.0387. The number of anilines is 1. The molecule has 0 saturated carbocycles. The van der Waals surface area contributed by atoms with Crippen molar-refractivity contribution in [1.82, 2.24) is 15.8 Å². The summed E-state index contributed by atoms with van der Waals surface area (Å²) in [7, 11) is 0. The summed E-state index contributed by atoms with van der Waals surface area (Å²) in [6, 6.07) is 15.0. The van der Waals surface area contributed by atoms with Crippen LogP contribution in [0, 0.1) is 0 Å². The van der Waals surface area contributed by atoms with E-state index in [1.807, 2.05) is 47.4 Å². The van der Waals surface area contributed by atoms with E-state index in [0.717, 1.165) is 36.0 Å². The molecule has 29 heavy (non-hydrogen) atoms. The quantitative estimate of drug-likeness (QED) is 0.656. The Hall–Kier alpha value is -2.22. The van der Waals surface area contributed by atoms with Crippen LogP contribution in [0.5, 0.6) is 0 Å². The van der Waals surface area contributed by atoms with Crippen LogP contribution in [0.3, 0.4) is 0 Å². The molecule has 2 amide bonds. The van der Waals surface area contributed by atoms with Gasteiger partial charge < -0.3 is 10.2 Å². The summed E-state index contributed by atoms with van der Waals surface area (Å²) in [5.41, 5.74) is 8.67. The number of halogens is 1. The topological polar surface area (TPSA) is 73.5 Å². The molecule has 2 fully saturated rings. The molecule has 6 nitrogen and oxygen atoms in total. The summed E-state index contributed by atoms with van der Waals surface area (Å²) in [5.74, 6) is -0.0727. The molecule has 2 aromatic rings. The molecule has 3 N–H and O–H groups in total. The minimum Gasteiger partial charge on any atom is -0.339 e. The van der Waals surface area contributed by atoms with Gasteiger partial charge in [0.15, 0.2) is 0 Å². The van der Waals surface area contributed by atoms with Gasteiger partial charge in [0.05, 0.1) is 0 Å². The molecule has 0 bridgehead atoms. The first-order chi connectivity index (χ1) is 14.1. The van der Waals surface area contributed by atoms with Crippen LogP contribution < -0.4 is 16.2 Å². The molecular formula is C22H25BrN4O2. The second kappa shape index (κ2) is 9.07. The number of carbonyl (C=O) groups is 2. The van der Waals surface area contributed by atoms with Crippen molar-refractivity contribution in [1.29, 1.82) is 0 Å². The highest BCUT2D eigenvalue weighted by Crippen LogP contribution is 2.24. The molecule has 2 atom stereocenters. The lowest BCUT2D eigenvalue weighted by Crippen LogP contribution is -2.39. The zero-order chi connectivity index (χ0) is 20.2. The molecule has 2 saturated heterocycles. The predicted molar refractivity (Wildman–Crippen MR) is 116 cm³/mol. The predicted octanol–water partition coefficient (Wildman–Crippen LogP) is 3.62. The van der Waals surface area contributed by atoms with Gasteiger partial charge in [-0.25, -0.2) is 10.9 Å². The molecule has 4 rings (SSSR count). The molecule has 2 unspecified atom stereocenters. The van der Waals surface area contributed by atoms with Crippen molar-refractivity contribution in [3.05, 3.63) is 64.1 Å². The Morgan fingerprint density at radius 1 is 1.00 bits per heavy atom. The zero-order valence-electron chi connectivity index (χ0n) is 16.2. The largest absolute Gasteiger partial charge is 0.339 e. The van der Waals surface area contributed by atoms with Gasteiger partial charge in [0.2, 0.25) is 5.91 Å². The highest BCUT2D eigenvalue weighted by molar-refractivity contribution is 9.10. The second-order valence-corrected chi connectivity index (χ2v) is 8.52. The van der Waals surface area contributed by atoms with E-state index in [2.05, 4.69) is 32.1 Å². The number of hydrogen-bond donors (Lipinski definition) is 3. The number of benzene rings is 2.